The summed E-state index contributed by atoms with van der Waals surface area (Å²) < 4.78 is 15.5. The van der Waals surface area contributed by atoms with Crippen molar-refractivity contribution in [1.82, 2.24) is 5.32 Å². The minimum absolute atomic E-state index is 0.0854. The van der Waals surface area contributed by atoms with Crippen LogP contribution in [0.4, 0.5) is 0 Å². The van der Waals surface area contributed by atoms with Crippen molar-refractivity contribution in [2.45, 2.75) is 13.5 Å². The molecular weight excluding hydrogens is 322 g/mol. The second kappa shape index (κ2) is 8.73. The first kappa shape index (κ1) is 18.3. The van der Waals surface area contributed by atoms with Crippen LogP contribution in [0, 0.1) is 6.92 Å². The van der Waals surface area contributed by atoms with E-state index in [2.05, 4.69) is 5.32 Å². The molecule has 0 radical (unpaired) electrons. The summed E-state index contributed by atoms with van der Waals surface area (Å²) in [5.41, 5.74) is 2.26. The number of hydrogen-bond acceptors (Lipinski definition) is 5. The third kappa shape index (κ3) is 5.24. The van der Waals surface area contributed by atoms with E-state index in [0.717, 1.165) is 11.1 Å². The lowest BCUT2D eigenvalue weighted by molar-refractivity contribution is -0.143. The average Bonchev–Trinajstić information content (AvgIpc) is 2.64. The standard InChI is InChI=1S/C19H21NO5/c1-13-4-9-17(24-3)15(10-13)12-25-18(21)11-20-19(22)14-5-7-16(23-2)8-6-14/h4-10H,11-12H2,1-3H3,(H,20,22). The Labute approximate surface area is 146 Å². The molecule has 0 aliphatic carbocycles. The number of carbonyl (C=O) groups excluding carboxylic acids is 2. The Bertz CT molecular complexity index is 740. The quantitative estimate of drug-likeness (QED) is 0.782. The van der Waals surface area contributed by atoms with Crippen LogP contribution in [0.25, 0.3) is 0 Å². The highest BCUT2D eigenvalue weighted by atomic mass is 16.5. The molecule has 0 saturated carbocycles. The normalized spacial score (nSPS) is 10.0. The molecule has 2 rings (SSSR count). The number of aryl methyl sites for hydroxylation is 1. The van der Waals surface area contributed by atoms with Gasteiger partial charge in [0.15, 0.2) is 0 Å². The fraction of sp³-hybridized carbons (Fsp3) is 0.263. The minimum atomic E-state index is -0.523. The molecule has 1 amide bonds. The number of hydrogen-bond donors (Lipinski definition) is 1. The number of nitrogens with one attached hydrogen (secondary N) is 1. The molecule has 0 unspecified atom stereocenters. The Kier molecular flexibility index (Phi) is 6.39. The van der Waals surface area contributed by atoms with Gasteiger partial charge < -0.3 is 19.5 Å². The second-order valence-electron chi connectivity index (χ2n) is 5.39. The smallest absolute Gasteiger partial charge is 0.325 e. The van der Waals surface area contributed by atoms with E-state index in [4.69, 9.17) is 14.2 Å². The van der Waals surface area contributed by atoms with Crippen LogP contribution in [0.2, 0.25) is 0 Å². The van der Waals surface area contributed by atoms with E-state index in [9.17, 15) is 9.59 Å². The fourth-order valence-electron chi connectivity index (χ4n) is 2.23. The Morgan fingerprint density at radius 1 is 1.00 bits per heavy atom. The predicted octanol–water partition coefficient (Wildman–Crippen LogP) is 2.49. The number of amides is 1. The number of carbonyl (C=O) groups is 2. The van der Waals surface area contributed by atoms with Gasteiger partial charge in [0, 0.05) is 11.1 Å². The Morgan fingerprint density at radius 2 is 1.72 bits per heavy atom. The van der Waals surface area contributed by atoms with Crippen LogP contribution in [-0.4, -0.2) is 32.6 Å². The molecule has 0 aromatic heterocycles. The Balaban J connectivity index is 1.84. The monoisotopic (exact) mass is 343 g/mol. The molecule has 0 spiro atoms. The van der Waals surface area contributed by atoms with Crippen molar-refractivity contribution >= 4 is 11.9 Å². The summed E-state index contributed by atoms with van der Waals surface area (Å²) >= 11 is 0. The van der Waals surface area contributed by atoms with E-state index < -0.39 is 5.97 Å². The number of rotatable bonds is 7. The zero-order valence-electron chi connectivity index (χ0n) is 14.5. The molecule has 6 heteroatoms. The van der Waals surface area contributed by atoms with E-state index in [0.29, 0.717) is 17.1 Å². The number of methoxy groups -OCH3 is 2. The maximum Gasteiger partial charge on any atom is 0.325 e. The van der Waals surface area contributed by atoms with E-state index in [1.165, 1.54) is 0 Å². The van der Waals surface area contributed by atoms with Crippen molar-refractivity contribution in [1.29, 1.82) is 0 Å². The van der Waals surface area contributed by atoms with Gasteiger partial charge in [0.05, 0.1) is 14.2 Å². The van der Waals surface area contributed by atoms with Crippen molar-refractivity contribution in [2.75, 3.05) is 20.8 Å². The van der Waals surface area contributed by atoms with Crippen LogP contribution in [0.3, 0.4) is 0 Å². The van der Waals surface area contributed by atoms with Gasteiger partial charge in [-0.15, -0.1) is 0 Å². The van der Waals surface area contributed by atoms with Crippen molar-refractivity contribution < 1.29 is 23.8 Å². The number of esters is 1. The highest BCUT2D eigenvalue weighted by Crippen LogP contribution is 2.20. The van der Waals surface area contributed by atoms with Crippen molar-refractivity contribution in [3.63, 3.8) is 0 Å². The Morgan fingerprint density at radius 3 is 2.36 bits per heavy atom. The number of ether oxygens (including phenoxy) is 3. The molecule has 25 heavy (non-hydrogen) atoms. The van der Waals surface area contributed by atoms with Gasteiger partial charge in [0.1, 0.15) is 24.7 Å². The summed E-state index contributed by atoms with van der Waals surface area (Å²) in [5, 5.41) is 2.53. The molecule has 1 N–H and O–H groups in total. The van der Waals surface area contributed by atoms with E-state index in [1.807, 2.05) is 25.1 Å². The van der Waals surface area contributed by atoms with E-state index >= 15 is 0 Å². The predicted molar refractivity (Wildman–Crippen MR) is 92.9 cm³/mol. The van der Waals surface area contributed by atoms with Gasteiger partial charge >= 0.3 is 5.97 Å². The highest BCUT2D eigenvalue weighted by Gasteiger charge is 2.11. The van der Waals surface area contributed by atoms with E-state index in [1.54, 1.807) is 38.5 Å². The largest absolute Gasteiger partial charge is 0.497 e. The number of benzene rings is 2. The first-order valence-corrected chi connectivity index (χ1v) is 7.75. The molecular formula is C19H21NO5. The molecule has 0 atom stereocenters. The van der Waals surface area contributed by atoms with Crippen LogP contribution >= 0.6 is 0 Å². The lowest BCUT2D eigenvalue weighted by Gasteiger charge is -2.11. The zero-order chi connectivity index (χ0) is 18.2. The third-order valence-corrected chi connectivity index (χ3v) is 3.57. The maximum absolute atomic E-state index is 12.0. The molecule has 0 aliphatic rings. The Hall–Kier alpha value is -3.02. The van der Waals surface area contributed by atoms with Crippen molar-refractivity contribution in [2.24, 2.45) is 0 Å². The van der Waals surface area contributed by atoms with Gasteiger partial charge in [-0.05, 0) is 43.3 Å². The molecule has 0 saturated heterocycles. The summed E-state index contributed by atoms with van der Waals surface area (Å²) in [4.78, 5) is 23.8. The minimum Gasteiger partial charge on any atom is -0.497 e. The van der Waals surface area contributed by atoms with Gasteiger partial charge in [-0.25, -0.2) is 0 Å². The van der Waals surface area contributed by atoms with E-state index in [-0.39, 0.29) is 19.1 Å². The van der Waals surface area contributed by atoms with Gasteiger partial charge in [-0.3, -0.25) is 9.59 Å². The van der Waals surface area contributed by atoms with Gasteiger partial charge in [-0.1, -0.05) is 11.6 Å². The van der Waals surface area contributed by atoms with Gasteiger partial charge in [-0.2, -0.15) is 0 Å². The molecule has 0 bridgehead atoms. The van der Waals surface area contributed by atoms with Gasteiger partial charge in [0.2, 0.25) is 0 Å². The second-order valence-corrected chi connectivity index (χ2v) is 5.39. The third-order valence-electron chi connectivity index (χ3n) is 3.57. The molecule has 2 aromatic rings. The summed E-state index contributed by atoms with van der Waals surface area (Å²) in [7, 11) is 3.11. The topological polar surface area (TPSA) is 73.9 Å². The highest BCUT2D eigenvalue weighted by molar-refractivity contribution is 5.96. The molecule has 0 aliphatic heterocycles. The first-order chi connectivity index (χ1) is 12.0. The van der Waals surface area contributed by atoms with Crippen molar-refractivity contribution in [3.05, 3.63) is 59.2 Å². The van der Waals surface area contributed by atoms with Crippen LogP contribution in [-0.2, 0) is 16.1 Å². The maximum atomic E-state index is 12.0. The SMILES string of the molecule is COc1ccc(C(=O)NCC(=O)OCc2cc(C)ccc2OC)cc1. The van der Waals surface area contributed by atoms with Crippen LogP contribution in [0.5, 0.6) is 11.5 Å². The van der Waals surface area contributed by atoms with Gasteiger partial charge in [0.25, 0.3) is 5.91 Å². The lowest BCUT2D eigenvalue weighted by atomic mass is 10.1. The van der Waals surface area contributed by atoms with Crippen LogP contribution in [0.1, 0.15) is 21.5 Å². The molecule has 132 valence electrons. The summed E-state index contributed by atoms with van der Waals surface area (Å²) in [5.74, 6) is 0.432. The van der Waals surface area contributed by atoms with Crippen LogP contribution in [0.15, 0.2) is 42.5 Å². The fourth-order valence-corrected chi connectivity index (χ4v) is 2.23. The van der Waals surface area contributed by atoms with Crippen LogP contribution < -0.4 is 14.8 Å². The lowest BCUT2D eigenvalue weighted by Crippen LogP contribution is -2.30. The first-order valence-electron chi connectivity index (χ1n) is 7.75. The molecule has 6 nitrogen and oxygen atoms in total. The molecule has 2 aromatic carbocycles. The molecule has 0 heterocycles. The summed E-state index contributed by atoms with van der Waals surface area (Å²) in [6, 6.07) is 12.2. The molecule has 0 fully saturated rings. The van der Waals surface area contributed by atoms with Crippen molar-refractivity contribution in [3.8, 4) is 11.5 Å². The summed E-state index contributed by atoms with van der Waals surface area (Å²) in [6.07, 6.45) is 0. The average molecular weight is 343 g/mol. The zero-order valence-corrected chi connectivity index (χ0v) is 14.5. The summed E-state index contributed by atoms with van der Waals surface area (Å²) in [6.45, 7) is 1.82.